The van der Waals surface area contributed by atoms with Crippen LogP contribution in [0.1, 0.15) is 43.0 Å². The molecule has 7 nitrogen and oxygen atoms in total. The molecule has 1 amide bonds. The summed E-state index contributed by atoms with van der Waals surface area (Å²) >= 11 is 0. The molecule has 0 aromatic heterocycles. The van der Waals surface area contributed by atoms with Crippen molar-refractivity contribution in [2.45, 2.75) is 37.5 Å². The van der Waals surface area contributed by atoms with Crippen molar-refractivity contribution >= 4 is 27.3 Å². The number of carbonyl (C=O) groups excluding carboxylic acids is 1. The fraction of sp³-hybridized carbons (Fsp3) is 0.333. The normalized spacial score (nSPS) is 18.3. The molecule has 1 saturated carbocycles. The Labute approximate surface area is 171 Å². The van der Waals surface area contributed by atoms with E-state index >= 15 is 0 Å². The molecule has 0 spiro atoms. The summed E-state index contributed by atoms with van der Waals surface area (Å²) in [5.41, 5.74) is 4.08. The SMILES string of the molecule is COc1ccccc1NS(=O)(=O)c1cccc(C(=O)NN=C2CCCCC2C)c1. The molecule has 1 aliphatic carbocycles. The fourth-order valence-electron chi connectivity index (χ4n) is 3.26. The van der Waals surface area contributed by atoms with Gasteiger partial charge in [-0.1, -0.05) is 31.5 Å². The lowest BCUT2D eigenvalue weighted by molar-refractivity contribution is 0.0954. The first-order valence-corrected chi connectivity index (χ1v) is 11.0. The van der Waals surface area contributed by atoms with Crippen molar-refractivity contribution in [3.05, 3.63) is 54.1 Å². The van der Waals surface area contributed by atoms with Gasteiger partial charge in [-0.3, -0.25) is 9.52 Å². The van der Waals surface area contributed by atoms with Gasteiger partial charge in [0, 0.05) is 11.3 Å². The highest BCUT2D eigenvalue weighted by atomic mass is 32.2. The number of anilines is 1. The highest BCUT2D eigenvalue weighted by molar-refractivity contribution is 7.92. The minimum atomic E-state index is -3.89. The van der Waals surface area contributed by atoms with Gasteiger partial charge in [0.15, 0.2) is 0 Å². The standard InChI is InChI=1S/C21H25N3O4S/c1-15-8-3-4-11-18(15)22-23-21(25)16-9-7-10-17(14-16)29(26,27)24-19-12-5-6-13-20(19)28-2/h5-7,9-10,12-15,24H,3-4,8,11H2,1-2H3,(H,23,25). The number of rotatable bonds is 6. The van der Waals surface area contributed by atoms with Crippen LogP contribution in [0, 0.1) is 5.92 Å². The first-order valence-electron chi connectivity index (χ1n) is 9.53. The summed E-state index contributed by atoms with van der Waals surface area (Å²) in [6, 6.07) is 12.6. The highest BCUT2D eigenvalue weighted by Crippen LogP contribution is 2.26. The number of nitrogens with zero attached hydrogens (tertiary/aromatic N) is 1. The second-order valence-electron chi connectivity index (χ2n) is 7.02. The number of methoxy groups -OCH3 is 1. The quantitative estimate of drug-likeness (QED) is 0.702. The van der Waals surface area contributed by atoms with Crippen molar-refractivity contribution in [1.82, 2.24) is 5.43 Å². The van der Waals surface area contributed by atoms with E-state index in [9.17, 15) is 13.2 Å². The van der Waals surface area contributed by atoms with Crippen LogP contribution in [0.2, 0.25) is 0 Å². The first kappa shape index (κ1) is 20.9. The van der Waals surface area contributed by atoms with Crippen molar-refractivity contribution in [1.29, 1.82) is 0 Å². The molecule has 0 radical (unpaired) electrons. The highest BCUT2D eigenvalue weighted by Gasteiger charge is 2.19. The van der Waals surface area contributed by atoms with E-state index in [2.05, 4.69) is 22.2 Å². The van der Waals surface area contributed by atoms with Crippen molar-refractivity contribution in [2.24, 2.45) is 11.0 Å². The zero-order chi connectivity index (χ0) is 20.9. The second-order valence-corrected chi connectivity index (χ2v) is 8.71. The molecule has 1 atom stereocenters. The maximum Gasteiger partial charge on any atom is 0.271 e. The summed E-state index contributed by atoms with van der Waals surface area (Å²) < 4.78 is 33.2. The minimum absolute atomic E-state index is 0.0188. The van der Waals surface area contributed by atoms with E-state index in [1.807, 2.05) is 0 Å². The lowest BCUT2D eigenvalue weighted by atomic mass is 9.89. The van der Waals surface area contributed by atoms with Crippen LogP contribution in [0.25, 0.3) is 0 Å². The molecule has 2 aromatic carbocycles. The Morgan fingerprint density at radius 2 is 1.93 bits per heavy atom. The zero-order valence-electron chi connectivity index (χ0n) is 16.5. The summed E-state index contributed by atoms with van der Waals surface area (Å²) in [7, 11) is -2.43. The summed E-state index contributed by atoms with van der Waals surface area (Å²) in [5.74, 6) is 0.313. The summed E-state index contributed by atoms with van der Waals surface area (Å²) in [6.07, 6.45) is 4.18. The topological polar surface area (TPSA) is 96.9 Å². The van der Waals surface area contributed by atoms with Gasteiger partial charge in [0.2, 0.25) is 0 Å². The lowest BCUT2D eigenvalue weighted by Gasteiger charge is -2.19. The summed E-state index contributed by atoms with van der Waals surface area (Å²) in [5, 5.41) is 4.26. The molecule has 29 heavy (non-hydrogen) atoms. The molecule has 1 unspecified atom stereocenters. The van der Waals surface area contributed by atoms with Crippen molar-refractivity contribution in [3.63, 3.8) is 0 Å². The van der Waals surface area contributed by atoms with Crippen LogP contribution < -0.4 is 14.9 Å². The van der Waals surface area contributed by atoms with Crippen molar-refractivity contribution in [2.75, 3.05) is 11.8 Å². The van der Waals surface area contributed by atoms with E-state index in [0.717, 1.165) is 25.0 Å². The Morgan fingerprint density at radius 3 is 2.69 bits per heavy atom. The Kier molecular flexibility index (Phi) is 6.53. The number of sulfonamides is 1. The van der Waals surface area contributed by atoms with Crippen LogP contribution in [-0.4, -0.2) is 27.1 Å². The third-order valence-corrected chi connectivity index (χ3v) is 6.31. The van der Waals surface area contributed by atoms with Gasteiger partial charge in [0.25, 0.3) is 15.9 Å². The van der Waals surface area contributed by atoms with Gasteiger partial charge in [-0.05, 0) is 55.5 Å². The molecule has 0 heterocycles. The smallest absolute Gasteiger partial charge is 0.271 e. The molecular weight excluding hydrogens is 390 g/mol. The van der Waals surface area contributed by atoms with E-state index < -0.39 is 15.9 Å². The van der Waals surface area contributed by atoms with E-state index in [-0.39, 0.29) is 10.5 Å². The number of para-hydroxylation sites is 2. The number of nitrogens with one attached hydrogen (secondary N) is 2. The third kappa shape index (κ3) is 5.14. The number of ether oxygens (including phenoxy) is 1. The Bertz CT molecular complexity index is 1020. The molecule has 8 heteroatoms. The minimum Gasteiger partial charge on any atom is -0.495 e. The molecule has 0 saturated heterocycles. The Morgan fingerprint density at radius 1 is 1.14 bits per heavy atom. The Hall–Kier alpha value is -2.87. The predicted octanol–water partition coefficient (Wildman–Crippen LogP) is 3.79. The van der Waals surface area contributed by atoms with E-state index in [1.165, 1.54) is 31.7 Å². The van der Waals surface area contributed by atoms with Crippen molar-refractivity contribution in [3.8, 4) is 5.75 Å². The first-order chi connectivity index (χ1) is 13.9. The van der Waals surface area contributed by atoms with Crippen LogP contribution in [0.4, 0.5) is 5.69 Å². The largest absolute Gasteiger partial charge is 0.495 e. The van der Waals surface area contributed by atoms with Gasteiger partial charge in [-0.2, -0.15) is 5.10 Å². The number of hydrogen-bond acceptors (Lipinski definition) is 5. The van der Waals surface area contributed by atoms with E-state index in [0.29, 0.717) is 17.4 Å². The lowest BCUT2D eigenvalue weighted by Crippen LogP contribution is -2.24. The monoisotopic (exact) mass is 415 g/mol. The average Bonchev–Trinajstić information content (AvgIpc) is 2.73. The molecule has 1 fully saturated rings. The van der Waals surface area contributed by atoms with Gasteiger partial charge >= 0.3 is 0 Å². The third-order valence-electron chi connectivity index (χ3n) is 4.95. The van der Waals surface area contributed by atoms with Gasteiger partial charge in [0.05, 0.1) is 17.7 Å². The number of benzene rings is 2. The van der Waals surface area contributed by atoms with Crippen LogP contribution in [0.3, 0.4) is 0 Å². The maximum absolute atomic E-state index is 12.8. The Balaban J connectivity index is 1.77. The van der Waals surface area contributed by atoms with E-state index in [1.54, 1.807) is 30.3 Å². The van der Waals surface area contributed by atoms with Gasteiger partial charge in [-0.15, -0.1) is 0 Å². The molecule has 2 aromatic rings. The molecule has 2 N–H and O–H groups in total. The van der Waals surface area contributed by atoms with Crippen LogP contribution in [0.15, 0.2) is 58.5 Å². The molecule has 154 valence electrons. The molecule has 3 rings (SSSR count). The van der Waals surface area contributed by atoms with Crippen LogP contribution in [0.5, 0.6) is 5.75 Å². The molecule has 1 aliphatic rings. The maximum atomic E-state index is 12.8. The van der Waals surface area contributed by atoms with Gasteiger partial charge < -0.3 is 4.74 Å². The number of carbonyl (C=O) groups is 1. The van der Waals surface area contributed by atoms with Crippen molar-refractivity contribution < 1.29 is 17.9 Å². The van der Waals surface area contributed by atoms with Crippen LogP contribution >= 0.6 is 0 Å². The molecular formula is C21H25N3O4S. The predicted molar refractivity (Wildman–Crippen MR) is 113 cm³/mol. The average molecular weight is 416 g/mol. The van der Waals surface area contributed by atoms with Gasteiger partial charge in [-0.25, -0.2) is 13.8 Å². The number of hydrogen-bond donors (Lipinski definition) is 2. The number of amides is 1. The second kappa shape index (κ2) is 9.09. The van der Waals surface area contributed by atoms with E-state index in [4.69, 9.17) is 4.74 Å². The van der Waals surface area contributed by atoms with Gasteiger partial charge in [0.1, 0.15) is 5.75 Å². The van der Waals surface area contributed by atoms with Crippen LogP contribution in [-0.2, 0) is 10.0 Å². The number of hydrazone groups is 1. The summed E-state index contributed by atoms with van der Waals surface area (Å²) in [4.78, 5) is 12.5. The zero-order valence-corrected chi connectivity index (χ0v) is 17.3. The molecule has 0 bridgehead atoms. The molecule has 0 aliphatic heterocycles. The fourth-order valence-corrected chi connectivity index (χ4v) is 4.38. The summed E-state index contributed by atoms with van der Waals surface area (Å²) in [6.45, 7) is 2.10.